The van der Waals surface area contributed by atoms with E-state index in [1.54, 1.807) is 0 Å². The summed E-state index contributed by atoms with van der Waals surface area (Å²) < 4.78 is 5.64. The first-order valence-corrected chi connectivity index (χ1v) is 5.27. The average Bonchev–Trinajstić information content (AvgIpc) is 2.67. The van der Waals surface area contributed by atoms with Crippen LogP contribution < -0.4 is 0 Å². The molecule has 1 aromatic rings. The average molecular weight is 188 g/mol. The summed E-state index contributed by atoms with van der Waals surface area (Å²) in [5.41, 5.74) is 2.84. The maximum absolute atomic E-state index is 5.64. The Hall–Kier alpha value is -1.24. The van der Waals surface area contributed by atoms with Gasteiger partial charge in [-0.2, -0.15) is 0 Å². The molecule has 1 nitrogen and oxygen atoms in total. The molecule has 0 unspecified atom stereocenters. The maximum Gasteiger partial charge on any atom is 0.0996 e. The van der Waals surface area contributed by atoms with E-state index in [-0.39, 0.29) is 0 Å². The molecule has 0 atom stereocenters. The summed E-state index contributed by atoms with van der Waals surface area (Å²) in [4.78, 5) is 0. The minimum Gasteiger partial charge on any atom is -0.497 e. The van der Waals surface area contributed by atoms with Crippen LogP contribution in [0.2, 0.25) is 0 Å². The molecule has 1 aliphatic heterocycles. The molecule has 0 bridgehead atoms. The highest BCUT2D eigenvalue weighted by molar-refractivity contribution is 5.23. The molecule has 74 valence electrons. The largest absolute Gasteiger partial charge is 0.497 e. The van der Waals surface area contributed by atoms with Crippen molar-refractivity contribution in [3.05, 3.63) is 47.2 Å². The standard InChI is InChI=1S/C13H16O/c1-2-12-8-9-14-13(12)10-11-6-4-3-5-7-11/h3-7H,2,8-10H2,1H3. The number of hydrogen-bond acceptors (Lipinski definition) is 1. The zero-order chi connectivity index (χ0) is 9.80. The van der Waals surface area contributed by atoms with E-state index < -0.39 is 0 Å². The minimum absolute atomic E-state index is 0.880. The molecule has 0 amide bonds. The van der Waals surface area contributed by atoms with Crippen LogP contribution >= 0.6 is 0 Å². The van der Waals surface area contributed by atoms with E-state index in [4.69, 9.17) is 4.74 Å². The SMILES string of the molecule is CCC1=C(Cc2ccccc2)OCC1. The molecule has 1 heteroatoms. The van der Waals surface area contributed by atoms with Crippen LogP contribution in [0.1, 0.15) is 25.3 Å². The predicted octanol–water partition coefficient (Wildman–Crippen LogP) is 3.31. The molecule has 0 saturated carbocycles. The maximum atomic E-state index is 5.64. The number of hydrogen-bond donors (Lipinski definition) is 0. The number of ether oxygens (including phenoxy) is 1. The van der Waals surface area contributed by atoms with Crippen molar-refractivity contribution in [1.29, 1.82) is 0 Å². The normalized spacial score (nSPS) is 15.8. The van der Waals surface area contributed by atoms with Gasteiger partial charge in [0.05, 0.1) is 12.4 Å². The Morgan fingerprint density at radius 2 is 2.00 bits per heavy atom. The molecule has 0 fully saturated rings. The summed E-state index contributed by atoms with van der Waals surface area (Å²) in [6.07, 6.45) is 3.21. The third kappa shape index (κ3) is 1.98. The van der Waals surface area contributed by atoms with Crippen molar-refractivity contribution >= 4 is 0 Å². The van der Waals surface area contributed by atoms with Crippen molar-refractivity contribution in [3.63, 3.8) is 0 Å². The van der Waals surface area contributed by atoms with Gasteiger partial charge in [0.25, 0.3) is 0 Å². The van der Waals surface area contributed by atoms with Gasteiger partial charge in [0.15, 0.2) is 0 Å². The van der Waals surface area contributed by atoms with Gasteiger partial charge in [-0.05, 0) is 17.6 Å². The summed E-state index contributed by atoms with van der Waals surface area (Å²) >= 11 is 0. The first-order valence-electron chi connectivity index (χ1n) is 5.27. The van der Waals surface area contributed by atoms with E-state index in [1.807, 2.05) is 6.07 Å². The Morgan fingerprint density at radius 1 is 1.21 bits per heavy atom. The topological polar surface area (TPSA) is 9.23 Å². The van der Waals surface area contributed by atoms with E-state index in [0.29, 0.717) is 0 Å². The smallest absolute Gasteiger partial charge is 0.0996 e. The lowest BCUT2D eigenvalue weighted by atomic mass is 10.1. The summed E-state index contributed by atoms with van der Waals surface area (Å²) in [7, 11) is 0. The molecule has 0 aliphatic carbocycles. The Balaban J connectivity index is 2.11. The van der Waals surface area contributed by atoms with E-state index in [2.05, 4.69) is 31.2 Å². The van der Waals surface area contributed by atoms with E-state index >= 15 is 0 Å². The highest BCUT2D eigenvalue weighted by atomic mass is 16.5. The molecule has 0 aromatic heterocycles. The Morgan fingerprint density at radius 3 is 2.71 bits per heavy atom. The van der Waals surface area contributed by atoms with Crippen LogP contribution in [0.3, 0.4) is 0 Å². The molecule has 2 rings (SSSR count). The Kier molecular flexibility index (Phi) is 2.87. The zero-order valence-corrected chi connectivity index (χ0v) is 8.62. The highest BCUT2D eigenvalue weighted by Crippen LogP contribution is 2.24. The van der Waals surface area contributed by atoms with Gasteiger partial charge in [-0.25, -0.2) is 0 Å². The molecule has 14 heavy (non-hydrogen) atoms. The van der Waals surface area contributed by atoms with Crippen LogP contribution in [0.5, 0.6) is 0 Å². The molecule has 0 N–H and O–H groups in total. The number of allylic oxidation sites excluding steroid dienone is 1. The summed E-state index contributed by atoms with van der Waals surface area (Å²) in [6.45, 7) is 3.08. The molecular formula is C13H16O. The molecule has 0 spiro atoms. The van der Waals surface area contributed by atoms with Crippen molar-refractivity contribution < 1.29 is 4.74 Å². The molecule has 1 aliphatic rings. The predicted molar refractivity (Wildman–Crippen MR) is 58.0 cm³/mol. The number of rotatable bonds is 3. The monoisotopic (exact) mass is 188 g/mol. The van der Waals surface area contributed by atoms with E-state index in [0.717, 1.165) is 25.9 Å². The third-order valence-corrected chi connectivity index (χ3v) is 2.71. The van der Waals surface area contributed by atoms with Gasteiger partial charge in [-0.1, -0.05) is 37.3 Å². The van der Waals surface area contributed by atoms with Gasteiger partial charge in [0.1, 0.15) is 0 Å². The Labute approximate surface area is 85.4 Å². The van der Waals surface area contributed by atoms with Crippen molar-refractivity contribution in [3.8, 4) is 0 Å². The third-order valence-electron chi connectivity index (χ3n) is 2.71. The highest BCUT2D eigenvalue weighted by Gasteiger charge is 2.14. The van der Waals surface area contributed by atoms with Crippen molar-refractivity contribution in [2.75, 3.05) is 6.61 Å². The van der Waals surface area contributed by atoms with E-state index in [1.165, 1.54) is 16.9 Å². The fourth-order valence-electron chi connectivity index (χ4n) is 1.87. The van der Waals surface area contributed by atoms with Crippen LogP contribution in [-0.4, -0.2) is 6.61 Å². The van der Waals surface area contributed by atoms with Crippen LogP contribution in [0, 0.1) is 0 Å². The minimum atomic E-state index is 0.880. The quantitative estimate of drug-likeness (QED) is 0.707. The molecule has 0 saturated heterocycles. The molecular weight excluding hydrogens is 172 g/mol. The molecule has 1 aromatic carbocycles. The van der Waals surface area contributed by atoms with Crippen molar-refractivity contribution in [2.45, 2.75) is 26.2 Å². The fourth-order valence-corrected chi connectivity index (χ4v) is 1.87. The van der Waals surface area contributed by atoms with Crippen molar-refractivity contribution in [1.82, 2.24) is 0 Å². The lowest BCUT2D eigenvalue weighted by Gasteiger charge is -2.05. The molecule has 0 radical (unpaired) electrons. The van der Waals surface area contributed by atoms with Gasteiger partial charge in [-0.3, -0.25) is 0 Å². The van der Waals surface area contributed by atoms with Gasteiger partial charge < -0.3 is 4.74 Å². The van der Waals surface area contributed by atoms with E-state index in [9.17, 15) is 0 Å². The summed E-state index contributed by atoms with van der Waals surface area (Å²) in [5.74, 6) is 1.21. The van der Waals surface area contributed by atoms with Gasteiger partial charge in [-0.15, -0.1) is 0 Å². The Bertz CT molecular complexity index is 324. The lowest BCUT2D eigenvalue weighted by Crippen LogP contribution is -1.92. The van der Waals surface area contributed by atoms with Crippen LogP contribution in [0.15, 0.2) is 41.7 Å². The fraction of sp³-hybridized carbons (Fsp3) is 0.385. The van der Waals surface area contributed by atoms with Crippen molar-refractivity contribution in [2.24, 2.45) is 0 Å². The van der Waals surface area contributed by atoms with Crippen LogP contribution in [0.4, 0.5) is 0 Å². The zero-order valence-electron chi connectivity index (χ0n) is 8.62. The summed E-state index contributed by atoms with van der Waals surface area (Å²) in [6, 6.07) is 10.5. The number of benzene rings is 1. The summed E-state index contributed by atoms with van der Waals surface area (Å²) in [5, 5.41) is 0. The first kappa shape index (κ1) is 9.32. The second-order valence-electron chi connectivity index (χ2n) is 3.64. The van der Waals surface area contributed by atoms with Gasteiger partial charge in [0, 0.05) is 12.8 Å². The van der Waals surface area contributed by atoms with Gasteiger partial charge >= 0.3 is 0 Å². The van der Waals surface area contributed by atoms with Crippen LogP contribution in [0.25, 0.3) is 0 Å². The van der Waals surface area contributed by atoms with Gasteiger partial charge in [0.2, 0.25) is 0 Å². The lowest BCUT2D eigenvalue weighted by molar-refractivity contribution is 0.238. The second kappa shape index (κ2) is 4.32. The van der Waals surface area contributed by atoms with Crippen LogP contribution in [-0.2, 0) is 11.2 Å². The second-order valence-corrected chi connectivity index (χ2v) is 3.64. The first-order chi connectivity index (χ1) is 6.90. The molecule has 1 heterocycles.